The van der Waals surface area contributed by atoms with Crippen molar-refractivity contribution >= 4 is 33.4 Å². The topological polar surface area (TPSA) is 62.2 Å². The second-order valence-corrected chi connectivity index (χ2v) is 4.80. The van der Waals surface area contributed by atoms with E-state index in [1.165, 1.54) is 0 Å². The fourth-order valence-corrected chi connectivity index (χ4v) is 1.89. The van der Waals surface area contributed by atoms with Gasteiger partial charge in [-0.2, -0.15) is 0 Å². The highest BCUT2D eigenvalue weighted by atomic mass is 79.9. The molecule has 0 aliphatic carbocycles. The summed E-state index contributed by atoms with van der Waals surface area (Å²) in [5.41, 5.74) is 1.51. The maximum absolute atomic E-state index is 13.0. The Kier molecular flexibility index (Phi) is 3.80. The predicted molar refractivity (Wildman–Crippen MR) is 73.3 cm³/mol. The summed E-state index contributed by atoms with van der Waals surface area (Å²) in [6.07, 6.45) is 0.970. The molecule has 0 unspecified atom stereocenters. The highest BCUT2D eigenvalue weighted by Crippen LogP contribution is 2.24. The number of aryl methyl sites for hydroxylation is 1. The molecule has 19 heavy (non-hydrogen) atoms. The number of carboxylic acids is 1. The van der Waals surface area contributed by atoms with Gasteiger partial charge in [0.25, 0.3) is 0 Å². The van der Waals surface area contributed by atoms with Crippen LogP contribution in [0.3, 0.4) is 0 Å². The zero-order valence-corrected chi connectivity index (χ0v) is 11.5. The molecule has 0 aliphatic rings. The van der Waals surface area contributed by atoms with Crippen LogP contribution < -0.4 is 5.32 Å². The summed E-state index contributed by atoms with van der Waals surface area (Å²) in [4.78, 5) is 14.8. The van der Waals surface area contributed by atoms with Crippen molar-refractivity contribution < 1.29 is 14.3 Å². The molecular formula is C13H10BrFN2O2. The normalized spacial score (nSPS) is 10.3. The molecule has 1 aromatic heterocycles. The van der Waals surface area contributed by atoms with Gasteiger partial charge in [0, 0.05) is 10.2 Å². The van der Waals surface area contributed by atoms with E-state index < -0.39 is 11.8 Å². The maximum atomic E-state index is 13.0. The summed E-state index contributed by atoms with van der Waals surface area (Å²) in [7, 11) is 0. The first-order valence-corrected chi connectivity index (χ1v) is 6.18. The molecule has 0 spiro atoms. The molecule has 2 N–H and O–H groups in total. The number of halogens is 2. The Bertz CT molecular complexity index is 647. The molecule has 0 saturated carbocycles. The lowest BCUT2D eigenvalue weighted by atomic mass is 10.2. The van der Waals surface area contributed by atoms with Crippen LogP contribution in [0, 0.1) is 12.7 Å². The molecule has 0 aliphatic heterocycles. The third kappa shape index (κ3) is 3.08. The molecule has 0 atom stereocenters. The van der Waals surface area contributed by atoms with Gasteiger partial charge in [-0.1, -0.05) is 22.0 Å². The monoisotopic (exact) mass is 324 g/mol. The van der Waals surface area contributed by atoms with E-state index in [9.17, 15) is 9.18 Å². The average Bonchev–Trinajstić information content (AvgIpc) is 2.36. The van der Waals surface area contributed by atoms with E-state index >= 15 is 0 Å². The van der Waals surface area contributed by atoms with Crippen LogP contribution in [0.4, 0.5) is 15.9 Å². The molecule has 2 aromatic rings. The van der Waals surface area contributed by atoms with Crippen LogP contribution in [0.25, 0.3) is 0 Å². The Morgan fingerprint density at radius 1 is 1.42 bits per heavy atom. The zero-order chi connectivity index (χ0) is 14.0. The van der Waals surface area contributed by atoms with Crippen molar-refractivity contribution in [2.45, 2.75) is 6.92 Å². The number of hydrogen-bond donors (Lipinski definition) is 2. The van der Waals surface area contributed by atoms with Crippen LogP contribution in [-0.4, -0.2) is 16.1 Å². The number of aromatic carboxylic acids is 1. The lowest BCUT2D eigenvalue weighted by molar-refractivity contribution is 0.0697. The quantitative estimate of drug-likeness (QED) is 0.902. The molecule has 0 saturated heterocycles. The second-order valence-electron chi connectivity index (χ2n) is 3.94. The smallest absolute Gasteiger partial charge is 0.339 e. The van der Waals surface area contributed by atoms with Gasteiger partial charge in [0.1, 0.15) is 17.2 Å². The maximum Gasteiger partial charge on any atom is 0.339 e. The van der Waals surface area contributed by atoms with Crippen molar-refractivity contribution in [3.63, 3.8) is 0 Å². The van der Waals surface area contributed by atoms with Gasteiger partial charge in [-0.15, -0.1) is 0 Å². The number of carbonyl (C=O) groups is 1. The summed E-state index contributed by atoms with van der Waals surface area (Å²) < 4.78 is 13.9. The molecule has 0 bridgehead atoms. The van der Waals surface area contributed by atoms with Gasteiger partial charge in [0.05, 0.1) is 6.20 Å². The first kappa shape index (κ1) is 13.5. The molecule has 98 valence electrons. The molecule has 4 nitrogen and oxygen atoms in total. The summed E-state index contributed by atoms with van der Waals surface area (Å²) in [5.74, 6) is -1.82. The highest BCUT2D eigenvalue weighted by Gasteiger charge is 2.13. The largest absolute Gasteiger partial charge is 0.478 e. The number of nitrogens with one attached hydrogen (secondary N) is 1. The zero-order valence-electron chi connectivity index (χ0n) is 9.95. The Morgan fingerprint density at radius 3 is 2.79 bits per heavy atom. The Hall–Kier alpha value is -1.95. The van der Waals surface area contributed by atoms with Crippen molar-refractivity contribution in [2.75, 3.05) is 5.32 Å². The number of hydrogen-bond acceptors (Lipinski definition) is 3. The van der Waals surface area contributed by atoms with E-state index in [2.05, 4.69) is 26.2 Å². The third-order valence-corrected chi connectivity index (χ3v) is 3.37. The molecule has 0 radical (unpaired) electrons. The van der Waals surface area contributed by atoms with Crippen LogP contribution in [0.5, 0.6) is 0 Å². The number of carboxylic acid groups (broad SMARTS) is 1. The Morgan fingerprint density at radius 2 is 2.16 bits per heavy atom. The van der Waals surface area contributed by atoms with Gasteiger partial charge in [-0.3, -0.25) is 0 Å². The van der Waals surface area contributed by atoms with E-state index in [0.29, 0.717) is 5.69 Å². The molecule has 0 fully saturated rings. The molecule has 1 heterocycles. The number of rotatable bonds is 3. The number of anilines is 2. The van der Waals surface area contributed by atoms with Gasteiger partial charge in [0.15, 0.2) is 0 Å². The van der Waals surface area contributed by atoms with Crippen LogP contribution in [-0.2, 0) is 0 Å². The first-order valence-electron chi connectivity index (χ1n) is 5.39. The van der Waals surface area contributed by atoms with Crippen LogP contribution in [0.15, 0.2) is 34.9 Å². The number of aromatic nitrogens is 1. The lowest BCUT2D eigenvalue weighted by Gasteiger charge is -2.09. The minimum absolute atomic E-state index is 0.102. The van der Waals surface area contributed by atoms with Gasteiger partial charge < -0.3 is 10.4 Å². The Balaban J connectivity index is 2.37. The average molecular weight is 325 g/mol. The first-order chi connectivity index (χ1) is 8.97. The van der Waals surface area contributed by atoms with Crippen molar-refractivity contribution in [1.29, 1.82) is 0 Å². The SMILES string of the molecule is Cc1ccc(Nc2ncc(F)cc2C(=O)O)cc1Br. The number of pyridine rings is 1. The molecule has 2 rings (SSSR count). The van der Waals surface area contributed by atoms with Crippen molar-refractivity contribution in [2.24, 2.45) is 0 Å². The van der Waals surface area contributed by atoms with Crippen LogP contribution >= 0.6 is 15.9 Å². The second kappa shape index (κ2) is 5.36. The van der Waals surface area contributed by atoms with Crippen molar-refractivity contribution in [1.82, 2.24) is 4.98 Å². The van der Waals surface area contributed by atoms with E-state index in [4.69, 9.17) is 5.11 Å². The molecular weight excluding hydrogens is 315 g/mol. The van der Waals surface area contributed by atoms with Crippen molar-refractivity contribution in [3.05, 3.63) is 51.9 Å². The Labute approximate surface area is 117 Å². The fourth-order valence-electron chi connectivity index (χ4n) is 1.51. The van der Waals surface area contributed by atoms with Crippen LogP contribution in [0.1, 0.15) is 15.9 Å². The van der Waals surface area contributed by atoms with Crippen molar-refractivity contribution in [3.8, 4) is 0 Å². The van der Waals surface area contributed by atoms with E-state index in [1.807, 2.05) is 13.0 Å². The van der Waals surface area contributed by atoms with E-state index in [-0.39, 0.29) is 11.4 Å². The summed E-state index contributed by atoms with van der Waals surface area (Å²) >= 11 is 3.38. The number of benzene rings is 1. The minimum Gasteiger partial charge on any atom is -0.478 e. The predicted octanol–water partition coefficient (Wildman–Crippen LogP) is 3.73. The van der Waals surface area contributed by atoms with Crippen LogP contribution in [0.2, 0.25) is 0 Å². The highest BCUT2D eigenvalue weighted by molar-refractivity contribution is 9.10. The molecule has 1 aromatic carbocycles. The summed E-state index contributed by atoms with van der Waals surface area (Å²) in [6.45, 7) is 1.94. The lowest BCUT2D eigenvalue weighted by Crippen LogP contribution is -2.05. The van der Waals surface area contributed by atoms with Gasteiger partial charge >= 0.3 is 5.97 Å². The molecule has 0 amide bonds. The number of nitrogens with zero attached hydrogens (tertiary/aromatic N) is 1. The standard InChI is InChI=1S/C13H10BrFN2O2/c1-7-2-3-9(5-11(7)14)17-12-10(13(18)19)4-8(15)6-16-12/h2-6H,1H3,(H,16,17)(H,18,19). The minimum atomic E-state index is -1.24. The van der Waals surface area contributed by atoms with Gasteiger partial charge in [0.2, 0.25) is 0 Å². The third-order valence-electron chi connectivity index (χ3n) is 2.52. The van der Waals surface area contributed by atoms with Gasteiger partial charge in [-0.25, -0.2) is 14.2 Å². The van der Waals surface area contributed by atoms with Gasteiger partial charge in [-0.05, 0) is 30.7 Å². The van der Waals surface area contributed by atoms with E-state index in [1.54, 1.807) is 12.1 Å². The van der Waals surface area contributed by atoms with E-state index in [0.717, 1.165) is 22.3 Å². The molecule has 6 heteroatoms. The summed E-state index contributed by atoms with van der Waals surface area (Å²) in [6, 6.07) is 6.39. The summed E-state index contributed by atoms with van der Waals surface area (Å²) in [5, 5.41) is 11.9. The fraction of sp³-hybridized carbons (Fsp3) is 0.0769.